The largest absolute Gasteiger partial charge is 0.394 e. The number of aliphatic hydroxyl groups excluding tert-OH is 8. The van der Waals surface area contributed by atoms with E-state index in [0.717, 1.165) is 44.9 Å². The van der Waals surface area contributed by atoms with Crippen LogP contribution in [0.5, 0.6) is 0 Å². The van der Waals surface area contributed by atoms with Crippen LogP contribution in [-0.4, -0.2) is 140 Å². The monoisotopic (exact) mass is 1390 g/mol. The molecule has 98 heavy (non-hydrogen) atoms. The Bertz CT molecular complexity index is 1690. The van der Waals surface area contributed by atoms with Crippen molar-refractivity contribution in [2.24, 2.45) is 0 Å². The Balaban J connectivity index is 1.57. The van der Waals surface area contributed by atoms with Crippen LogP contribution in [0, 0.1) is 0 Å². The summed E-state index contributed by atoms with van der Waals surface area (Å²) in [6.07, 6.45) is 71.8. The van der Waals surface area contributed by atoms with Crippen molar-refractivity contribution in [3.8, 4) is 0 Å². The van der Waals surface area contributed by atoms with Crippen molar-refractivity contribution < 1.29 is 64.6 Å². The smallest absolute Gasteiger partial charge is 0.220 e. The van der Waals surface area contributed by atoms with Gasteiger partial charge in [0.15, 0.2) is 12.6 Å². The molecule has 1 amide bonds. The molecular formula is C84H163NO13. The van der Waals surface area contributed by atoms with Crippen LogP contribution in [0.4, 0.5) is 0 Å². The molecule has 14 nitrogen and oxygen atoms in total. The van der Waals surface area contributed by atoms with Crippen LogP contribution >= 0.6 is 0 Å². The summed E-state index contributed by atoms with van der Waals surface area (Å²) in [5.74, 6) is -0.228. The molecule has 0 aromatic rings. The molecule has 2 aliphatic heterocycles. The van der Waals surface area contributed by atoms with E-state index in [0.29, 0.717) is 0 Å². The van der Waals surface area contributed by atoms with E-state index in [1.54, 1.807) is 6.08 Å². The quantitative estimate of drug-likeness (QED) is 0.0204. The summed E-state index contributed by atoms with van der Waals surface area (Å²) in [6, 6.07) is -0.913. The third kappa shape index (κ3) is 51.0. The van der Waals surface area contributed by atoms with Crippen LogP contribution in [0.3, 0.4) is 0 Å². The maximum atomic E-state index is 13.4. The van der Waals surface area contributed by atoms with Crippen molar-refractivity contribution in [1.82, 2.24) is 5.32 Å². The van der Waals surface area contributed by atoms with Gasteiger partial charge in [-0.25, -0.2) is 0 Å². The maximum absolute atomic E-state index is 13.4. The molecule has 2 saturated heterocycles. The summed E-state index contributed by atoms with van der Waals surface area (Å²) in [6.45, 7) is 2.89. The van der Waals surface area contributed by atoms with Gasteiger partial charge in [-0.2, -0.15) is 0 Å². The standard InChI is InChI=1S/C84H163NO13/c1-3-5-7-9-11-13-15-17-19-21-23-25-27-29-31-32-33-34-35-36-37-38-39-40-42-44-46-48-50-52-54-56-58-60-62-64-66-68-76(89)85-72(71-95-83-81(94)79(92)82(75(70-87)97-83)98-84-80(93)78(91)77(90)74(69-86)96-84)73(88)67-65-63-61-59-57-55-53-51-49-47-45-43-41-30-28-26-24-22-20-18-16-14-12-10-8-6-4-2/h65,67,72-75,77-84,86-88,90-94H,3-64,66,68-71H2,1-2H3,(H,85,89)/b67-65+. The van der Waals surface area contributed by atoms with E-state index < -0.39 is 86.8 Å². The highest BCUT2D eigenvalue weighted by Crippen LogP contribution is 2.31. The van der Waals surface area contributed by atoms with Crippen molar-refractivity contribution in [2.75, 3.05) is 19.8 Å². The van der Waals surface area contributed by atoms with Crippen molar-refractivity contribution in [2.45, 2.75) is 498 Å². The molecule has 12 atom stereocenters. The number of amides is 1. The molecule has 0 saturated carbocycles. The maximum Gasteiger partial charge on any atom is 0.220 e. The number of hydrogen-bond acceptors (Lipinski definition) is 13. The van der Waals surface area contributed by atoms with Crippen LogP contribution < -0.4 is 5.32 Å². The summed E-state index contributed by atoms with van der Waals surface area (Å²) in [5, 5.41) is 87.8. The predicted molar refractivity (Wildman–Crippen MR) is 406 cm³/mol. The fourth-order valence-electron chi connectivity index (χ4n) is 14.7. The molecule has 12 unspecified atom stereocenters. The number of carbonyl (C=O) groups excluding carboxylic acids is 1. The molecular weight excluding hydrogens is 1230 g/mol. The lowest BCUT2D eigenvalue weighted by atomic mass is 9.97. The Labute approximate surface area is 603 Å². The van der Waals surface area contributed by atoms with E-state index in [-0.39, 0.29) is 18.9 Å². The highest BCUT2D eigenvalue weighted by atomic mass is 16.7. The summed E-state index contributed by atoms with van der Waals surface area (Å²) >= 11 is 0. The van der Waals surface area contributed by atoms with Crippen molar-refractivity contribution in [3.05, 3.63) is 12.2 Å². The van der Waals surface area contributed by atoms with Gasteiger partial charge in [-0.1, -0.05) is 411 Å². The SMILES string of the molecule is CCCCCCCCCCCCCCCCCCCCCCCCCCC/C=C/C(O)C(COC1OC(CO)C(OC2OC(CO)C(O)C(O)C2O)C(O)C1O)NC(=O)CCCCCCCCCCCCCCCCCCCCCCCCCCCCCCCCCCCCCCC. The van der Waals surface area contributed by atoms with E-state index in [1.165, 1.54) is 360 Å². The van der Waals surface area contributed by atoms with Gasteiger partial charge in [-0.15, -0.1) is 0 Å². The zero-order valence-electron chi connectivity index (χ0n) is 64.1. The fraction of sp³-hybridized carbons (Fsp3) is 0.964. The lowest BCUT2D eigenvalue weighted by molar-refractivity contribution is -0.359. The lowest BCUT2D eigenvalue weighted by Gasteiger charge is -2.46. The summed E-state index contributed by atoms with van der Waals surface area (Å²) < 4.78 is 22.9. The van der Waals surface area contributed by atoms with Gasteiger partial charge >= 0.3 is 0 Å². The number of carbonyl (C=O) groups is 1. The molecule has 2 heterocycles. The molecule has 9 N–H and O–H groups in total. The first-order chi connectivity index (χ1) is 48.1. The topological polar surface area (TPSA) is 228 Å². The first-order valence-corrected chi connectivity index (χ1v) is 42.9. The zero-order chi connectivity index (χ0) is 70.8. The summed E-state index contributed by atoms with van der Waals surface area (Å²) in [7, 11) is 0. The van der Waals surface area contributed by atoms with Crippen LogP contribution in [-0.2, 0) is 23.7 Å². The molecule has 0 aromatic carbocycles. The molecule has 0 radical (unpaired) electrons. The van der Waals surface area contributed by atoms with Crippen LogP contribution in [0.25, 0.3) is 0 Å². The third-order valence-electron chi connectivity index (χ3n) is 21.5. The van der Waals surface area contributed by atoms with Gasteiger partial charge < -0.3 is 65.1 Å². The molecule has 0 bridgehead atoms. The van der Waals surface area contributed by atoms with E-state index in [2.05, 4.69) is 19.2 Å². The average Bonchev–Trinajstić information content (AvgIpc) is 0.793. The van der Waals surface area contributed by atoms with Gasteiger partial charge in [-0.3, -0.25) is 4.79 Å². The average molecular weight is 1400 g/mol. The highest BCUT2D eigenvalue weighted by Gasteiger charge is 2.51. The normalized spacial score (nSPS) is 22.0. The number of unbranched alkanes of at least 4 members (excludes halogenated alkanes) is 61. The molecule has 14 heteroatoms. The Morgan fingerprint density at radius 2 is 0.633 bits per heavy atom. The molecule has 2 aliphatic rings. The molecule has 0 aliphatic carbocycles. The van der Waals surface area contributed by atoms with Crippen molar-refractivity contribution in [1.29, 1.82) is 0 Å². The summed E-state index contributed by atoms with van der Waals surface area (Å²) in [5.41, 5.74) is 0. The van der Waals surface area contributed by atoms with Crippen LogP contribution in [0.15, 0.2) is 12.2 Å². The summed E-state index contributed by atoms with van der Waals surface area (Å²) in [4.78, 5) is 13.4. The third-order valence-corrected chi connectivity index (χ3v) is 21.5. The minimum Gasteiger partial charge on any atom is -0.394 e. The minimum atomic E-state index is -1.79. The zero-order valence-corrected chi connectivity index (χ0v) is 64.1. The number of allylic oxidation sites excluding steroid dienone is 1. The van der Waals surface area contributed by atoms with Crippen molar-refractivity contribution >= 4 is 5.91 Å². The second-order valence-electron chi connectivity index (χ2n) is 30.7. The van der Waals surface area contributed by atoms with Gasteiger partial charge in [0.05, 0.1) is 32.0 Å². The van der Waals surface area contributed by atoms with E-state index in [1.807, 2.05) is 6.08 Å². The van der Waals surface area contributed by atoms with Gasteiger partial charge in [0.25, 0.3) is 0 Å². The van der Waals surface area contributed by atoms with E-state index >= 15 is 0 Å². The van der Waals surface area contributed by atoms with E-state index in [9.17, 15) is 45.6 Å². The number of rotatable bonds is 74. The highest BCUT2D eigenvalue weighted by molar-refractivity contribution is 5.76. The number of hydrogen-bond donors (Lipinski definition) is 9. The van der Waals surface area contributed by atoms with Crippen molar-refractivity contribution in [3.63, 3.8) is 0 Å². The predicted octanol–water partition coefficient (Wildman–Crippen LogP) is 20.0. The first kappa shape index (κ1) is 92.8. The van der Waals surface area contributed by atoms with Gasteiger partial charge in [0.2, 0.25) is 5.91 Å². The molecule has 2 rings (SSSR count). The fourth-order valence-corrected chi connectivity index (χ4v) is 14.7. The second-order valence-corrected chi connectivity index (χ2v) is 30.7. The first-order valence-electron chi connectivity index (χ1n) is 42.9. The van der Waals surface area contributed by atoms with E-state index in [4.69, 9.17) is 18.9 Å². The number of nitrogens with one attached hydrogen (secondary N) is 1. The Morgan fingerprint density at radius 1 is 0.357 bits per heavy atom. The Kier molecular flexibility index (Phi) is 65.2. The molecule has 0 aromatic heterocycles. The molecule has 0 spiro atoms. The lowest BCUT2D eigenvalue weighted by Crippen LogP contribution is -2.65. The van der Waals surface area contributed by atoms with Crippen LogP contribution in [0.1, 0.15) is 425 Å². The molecule has 582 valence electrons. The number of aliphatic hydroxyl groups is 8. The minimum absolute atomic E-state index is 0.228. The Hall–Kier alpha value is -1.27. The van der Waals surface area contributed by atoms with Gasteiger partial charge in [0, 0.05) is 6.42 Å². The second kappa shape index (κ2) is 68.8. The van der Waals surface area contributed by atoms with Crippen LogP contribution in [0.2, 0.25) is 0 Å². The number of ether oxygens (including phenoxy) is 4. The molecule has 2 fully saturated rings. The Morgan fingerprint density at radius 3 is 0.939 bits per heavy atom. The van der Waals surface area contributed by atoms with Gasteiger partial charge in [0.1, 0.15) is 48.8 Å². The van der Waals surface area contributed by atoms with Gasteiger partial charge in [-0.05, 0) is 19.3 Å².